The lowest BCUT2D eigenvalue weighted by Gasteiger charge is -2.12. The fraction of sp³-hybridized carbons (Fsp3) is 0.227. The lowest BCUT2D eigenvalue weighted by molar-refractivity contribution is -0.147. The largest absolute Gasteiger partial charge is 0.443 e. The molecule has 2 fully saturated rings. The average Bonchev–Trinajstić information content (AvgIpc) is 3.52. The minimum atomic E-state index is -0.750. The molecule has 2 aromatic heterocycles. The number of urea groups is 1. The van der Waals surface area contributed by atoms with Gasteiger partial charge in [-0.2, -0.15) is 9.61 Å². The van der Waals surface area contributed by atoms with Crippen LogP contribution in [0.4, 0.5) is 26.5 Å². The average molecular weight is 606 g/mol. The van der Waals surface area contributed by atoms with Gasteiger partial charge in [0.2, 0.25) is 0 Å². The second-order valence-corrected chi connectivity index (χ2v) is 9.35. The van der Waals surface area contributed by atoms with Gasteiger partial charge in [-0.3, -0.25) is 9.59 Å². The number of nitrogens with two attached hydrogens (primary N) is 1. The van der Waals surface area contributed by atoms with Crippen LogP contribution in [0.3, 0.4) is 0 Å². The van der Waals surface area contributed by atoms with Gasteiger partial charge < -0.3 is 26.4 Å². The van der Waals surface area contributed by atoms with Crippen LogP contribution in [0.5, 0.6) is 0 Å². The number of imide groups is 1. The molecule has 1 aliphatic carbocycles. The van der Waals surface area contributed by atoms with Crippen molar-refractivity contribution in [1.29, 1.82) is 0 Å². The molecule has 3 aromatic rings. The Morgan fingerprint density at radius 3 is 2.89 bits per heavy atom. The molecule has 14 heteroatoms. The van der Waals surface area contributed by atoms with Crippen molar-refractivity contribution in [2.75, 3.05) is 23.9 Å². The number of amides is 3. The van der Waals surface area contributed by atoms with Crippen molar-refractivity contribution >= 4 is 69.5 Å². The summed E-state index contributed by atoms with van der Waals surface area (Å²) in [5, 5.41) is 13.2. The number of nitrogens with zero attached hydrogens (tertiary/aromatic N) is 4. The Bertz CT molecular complexity index is 1420. The van der Waals surface area contributed by atoms with Gasteiger partial charge >= 0.3 is 12.0 Å². The van der Waals surface area contributed by atoms with E-state index in [-0.39, 0.29) is 17.9 Å². The quantitative estimate of drug-likeness (QED) is 0.131. The number of anilines is 3. The molecule has 36 heavy (non-hydrogen) atoms. The van der Waals surface area contributed by atoms with Gasteiger partial charge in [-0.25, -0.2) is 19.1 Å². The van der Waals surface area contributed by atoms with E-state index in [4.69, 9.17) is 10.5 Å². The van der Waals surface area contributed by atoms with Crippen LogP contribution in [-0.2, 0) is 14.3 Å². The molecule has 186 valence electrons. The molecule has 12 nitrogen and oxygen atoms in total. The Kier molecular flexibility index (Phi) is 6.44. The summed E-state index contributed by atoms with van der Waals surface area (Å²) in [4.78, 5) is 41.6. The van der Waals surface area contributed by atoms with Gasteiger partial charge in [0, 0.05) is 21.2 Å². The molecule has 5 N–H and O–H groups in total. The predicted molar refractivity (Wildman–Crippen MR) is 135 cm³/mol. The summed E-state index contributed by atoms with van der Waals surface area (Å²) in [5.41, 5.74) is 6.21. The van der Waals surface area contributed by atoms with Gasteiger partial charge in [-0.15, -0.1) is 0 Å². The van der Waals surface area contributed by atoms with Crippen LogP contribution in [0, 0.1) is 9.39 Å². The zero-order valence-corrected chi connectivity index (χ0v) is 20.8. The van der Waals surface area contributed by atoms with Crippen molar-refractivity contribution < 1.29 is 23.5 Å². The van der Waals surface area contributed by atoms with E-state index in [1.807, 2.05) is 0 Å². The molecule has 1 saturated carbocycles. The van der Waals surface area contributed by atoms with Crippen molar-refractivity contribution in [3.05, 3.63) is 51.1 Å². The summed E-state index contributed by atoms with van der Waals surface area (Å²) < 4.78 is 21.6. The molecule has 3 amide bonds. The maximum atomic E-state index is 14.4. The lowest BCUT2D eigenvalue weighted by atomic mass is 10.2. The molecule has 0 bridgehead atoms. The SMILES string of the molecule is NCC(=O)OCN1C(=O)N/C(=C\c2cnn3c(NC4CC4)cc(Nc4cc(I)ccc4F)nc23)C1=O. The Morgan fingerprint density at radius 2 is 2.14 bits per heavy atom. The number of rotatable bonds is 8. The highest BCUT2D eigenvalue weighted by atomic mass is 127. The number of ether oxygens (including phenoxy) is 1. The predicted octanol–water partition coefficient (Wildman–Crippen LogP) is 2.14. The number of carbonyl (C=O) groups is 3. The molecule has 1 aliphatic heterocycles. The first-order chi connectivity index (χ1) is 17.3. The number of aromatic nitrogens is 3. The minimum Gasteiger partial charge on any atom is -0.443 e. The second-order valence-electron chi connectivity index (χ2n) is 8.10. The topological polar surface area (TPSA) is 156 Å². The molecule has 1 aromatic carbocycles. The molecule has 5 rings (SSSR count). The highest BCUT2D eigenvalue weighted by Gasteiger charge is 2.34. The summed E-state index contributed by atoms with van der Waals surface area (Å²) in [7, 11) is 0. The maximum absolute atomic E-state index is 14.4. The monoisotopic (exact) mass is 606 g/mol. The molecule has 0 radical (unpaired) electrons. The Hall–Kier alpha value is -3.79. The zero-order valence-electron chi connectivity index (χ0n) is 18.6. The van der Waals surface area contributed by atoms with E-state index in [2.05, 4.69) is 48.6 Å². The van der Waals surface area contributed by atoms with Crippen molar-refractivity contribution in [3.8, 4) is 0 Å². The molecule has 0 atom stereocenters. The lowest BCUT2D eigenvalue weighted by Crippen LogP contribution is -2.35. The number of halogens is 2. The van der Waals surface area contributed by atoms with Gasteiger partial charge in [0.15, 0.2) is 12.4 Å². The van der Waals surface area contributed by atoms with Crippen molar-refractivity contribution in [2.24, 2.45) is 5.73 Å². The number of nitrogens with one attached hydrogen (secondary N) is 3. The Morgan fingerprint density at radius 1 is 1.33 bits per heavy atom. The van der Waals surface area contributed by atoms with Crippen LogP contribution in [-0.4, -0.2) is 56.7 Å². The van der Waals surface area contributed by atoms with Crippen LogP contribution in [0.15, 0.2) is 36.2 Å². The minimum absolute atomic E-state index is 0.0424. The van der Waals surface area contributed by atoms with E-state index >= 15 is 0 Å². The molecular formula is C22H20FIN8O4. The van der Waals surface area contributed by atoms with E-state index in [0.29, 0.717) is 28.9 Å². The summed E-state index contributed by atoms with van der Waals surface area (Å²) in [6.45, 7) is -0.934. The van der Waals surface area contributed by atoms with Gasteiger partial charge in [-0.1, -0.05) is 0 Å². The van der Waals surface area contributed by atoms with Crippen LogP contribution in [0.1, 0.15) is 18.4 Å². The number of benzene rings is 1. The van der Waals surface area contributed by atoms with E-state index in [1.54, 1.807) is 22.7 Å². The molecule has 3 heterocycles. The standard InChI is InChI=1S/C22H20FIN8O4/c23-14-4-1-12(24)6-15(14)28-17-7-18(27-13-2-3-13)32-20(30-17)11(9-26-32)5-16-21(34)31(22(35)29-16)10-36-19(33)8-25/h1,4-7,9,13,27H,2-3,8,10,25H2,(H,28,30)(H,29,35)/b16-5-. The van der Waals surface area contributed by atoms with Gasteiger partial charge in [0.05, 0.1) is 18.4 Å². The maximum Gasteiger partial charge on any atom is 0.331 e. The van der Waals surface area contributed by atoms with Gasteiger partial charge in [-0.05, 0) is 59.7 Å². The fourth-order valence-corrected chi connectivity index (χ4v) is 3.95. The molecule has 0 unspecified atom stereocenters. The first kappa shape index (κ1) is 23.9. The first-order valence-corrected chi connectivity index (χ1v) is 12.0. The summed E-state index contributed by atoms with van der Waals surface area (Å²) in [6, 6.07) is 5.97. The van der Waals surface area contributed by atoms with Crippen molar-refractivity contribution in [1.82, 2.24) is 24.8 Å². The third-order valence-electron chi connectivity index (χ3n) is 5.40. The molecule has 2 aliphatic rings. The van der Waals surface area contributed by atoms with Crippen LogP contribution < -0.4 is 21.7 Å². The third kappa shape index (κ3) is 4.94. The molecule has 0 spiro atoms. The van der Waals surface area contributed by atoms with Gasteiger partial charge in [0.1, 0.15) is 23.1 Å². The van der Waals surface area contributed by atoms with E-state index in [9.17, 15) is 18.8 Å². The molecule has 1 saturated heterocycles. The van der Waals surface area contributed by atoms with Crippen LogP contribution in [0.25, 0.3) is 11.7 Å². The highest BCUT2D eigenvalue weighted by Crippen LogP contribution is 2.29. The second kappa shape index (κ2) is 9.69. The summed E-state index contributed by atoms with van der Waals surface area (Å²) in [5.74, 6) is -0.864. The Balaban J connectivity index is 1.49. The summed E-state index contributed by atoms with van der Waals surface area (Å²) >= 11 is 2.09. The number of carbonyl (C=O) groups excluding carboxylic acids is 3. The van der Waals surface area contributed by atoms with E-state index in [1.165, 1.54) is 18.3 Å². The third-order valence-corrected chi connectivity index (χ3v) is 6.07. The van der Waals surface area contributed by atoms with E-state index < -0.39 is 30.5 Å². The van der Waals surface area contributed by atoms with Crippen LogP contribution >= 0.6 is 22.6 Å². The zero-order chi connectivity index (χ0) is 25.4. The normalized spacial score (nSPS) is 16.5. The van der Waals surface area contributed by atoms with Gasteiger partial charge in [0.25, 0.3) is 5.91 Å². The smallest absolute Gasteiger partial charge is 0.331 e. The fourth-order valence-electron chi connectivity index (χ4n) is 3.46. The number of hydrogen-bond acceptors (Lipinski definition) is 9. The van der Waals surface area contributed by atoms with Crippen molar-refractivity contribution in [3.63, 3.8) is 0 Å². The highest BCUT2D eigenvalue weighted by molar-refractivity contribution is 14.1. The number of hydrogen-bond donors (Lipinski definition) is 4. The first-order valence-electron chi connectivity index (χ1n) is 10.9. The summed E-state index contributed by atoms with van der Waals surface area (Å²) in [6.07, 6.45) is 4.96. The Labute approximate surface area is 217 Å². The molecular weight excluding hydrogens is 586 g/mol. The number of esters is 1. The van der Waals surface area contributed by atoms with Crippen LogP contribution in [0.2, 0.25) is 0 Å². The number of fused-ring (bicyclic) bond motifs is 1. The van der Waals surface area contributed by atoms with Crippen molar-refractivity contribution in [2.45, 2.75) is 18.9 Å². The van der Waals surface area contributed by atoms with E-state index in [0.717, 1.165) is 21.3 Å².